The highest BCUT2D eigenvalue weighted by Crippen LogP contribution is 2.33. The van der Waals surface area contributed by atoms with Crippen LogP contribution in [0, 0.1) is 10.1 Å². The molecular weight excluding hydrogens is 356 g/mol. The molecule has 1 fully saturated rings. The van der Waals surface area contributed by atoms with E-state index in [0.29, 0.717) is 24.6 Å². The zero-order valence-corrected chi connectivity index (χ0v) is 16.6. The zero-order valence-electron chi connectivity index (χ0n) is 16.6. The van der Waals surface area contributed by atoms with E-state index in [-0.39, 0.29) is 23.4 Å². The van der Waals surface area contributed by atoms with Crippen LogP contribution in [0.2, 0.25) is 0 Å². The Morgan fingerprint density at radius 3 is 2.43 bits per heavy atom. The molecule has 0 saturated heterocycles. The summed E-state index contributed by atoms with van der Waals surface area (Å²) in [7, 11) is 0. The van der Waals surface area contributed by atoms with Gasteiger partial charge in [0.05, 0.1) is 11.5 Å². The maximum Gasteiger partial charge on any atom is 0.311 e. The Labute approximate surface area is 165 Å². The van der Waals surface area contributed by atoms with Crippen LogP contribution in [0.4, 0.5) is 5.69 Å². The van der Waals surface area contributed by atoms with E-state index in [2.05, 4.69) is 38.1 Å². The van der Waals surface area contributed by atoms with E-state index in [1.807, 2.05) is 4.90 Å². The van der Waals surface area contributed by atoms with E-state index in [1.165, 1.54) is 17.7 Å². The number of benzene rings is 2. The van der Waals surface area contributed by atoms with Gasteiger partial charge in [-0.05, 0) is 48.9 Å². The van der Waals surface area contributed by atoms with Crippen molar-refractivity contribution in [2.45, 2.75) is 52.1 Å². The van der Waals surface area contributed by atoms with Gasteiger partial charge in [-0.1, -0.05) is 38.1 Å². The van der Waals surface area contributed by atoms with Crippen LogP contribution in [-0.2, 0) is 6.54 Å². The Hall–Kier alpha value is -2.89. The second kappa shape index (κ2) is 8.42. The van der Waals surface area contributed by atoms with Crippen molar-refractivity contribution in [3.05, 3.63) is 69.3 Å². The lowest BCUT2D eigenvalue weighted by atomic mass is 10.0. The standard InChI is InChI=1S/C22H26N2O4/c1-4-28-21-12-9-18(13-20(21)24(26)27)22(25)23(19-10-11-19)14-16-5-7-17(8-6-16)15(2)3/h5-9,12-13,15,19H,4,10-11,14H2,1-3H3. The molecule has 1 amide bonds. The molecule has 0 aliphatic heterocycles. The first kappa shape index (κ1) is 19.9. The van der Waals surface area contributed by atoms with Crippen molar-refractivity contribution in [2.24, 2.45) is 0 Å². The molecule has 6 heteroatoms. The molecule has 2 aromatic carbocycles. The molecule has 0 N–H and O–H groups in total. The van der Waals surface area contributed by atoms with Crippen molar-refractivity contribution in [3.63, 3.8) is 0 Å². The molecule has 0 heterocycles. The SMILES string of the molecule is CCOc1ccc(C(=O)N(Cc2ccc(C(C)C)cc2)C2CC2)cc1[N+](=O)[O-]. The van der Waals surface area contributed by atoms with Crippen molar-refractivity contribution in [1.29, 1.82) is 0 Å². The number of nitro groups is 1. The average molecular weight is 382 g/mol. The van der Waals surface area contributed by atoms with Gasteiger partial charge in [0.15, 0.2) is 5.75 Å². The number of hydrogen-bond donors (Lipinski definition) is 0. The van der Waals surface area contributed by atoms with Crippen LogP contribution < -0.4 is 4.74 Å². The third-order valence-corrected chi connectivity index (χ3v) is 4.95. The minimum atomic E-state index is -0.506. The van der Waals surface area contributed by atoms with Crippen molar-refractivity contribution in [2.75, 3.05) is 6.61 Å². The van der Waals surface area contributed by atoms with Crippen LogP contribution in [-0.4, -0.2) is 28.4 Å². The number of rotatable bonds is 8. The van der Waals surface area contributed by atoms with Gasteiger partial charge in [-0.3, -0.25) is 14.9 Å². The highest BCUT2D eigenvalue weighted by molar-refractivity contribution is 5.95. The topological polar surface area (TPSA) is 72.7 Å². The molecule has 1 saturated carbocycles. The third-order valence-electron chi connectivity index (χ3n) is 4.95. The van der Waals surface area contributed by atoms with Gasteiger partial charge < -0.3 is 9.64 Å². The molecule has 0 atom stereocenters. The largest absolute Gasteiger partial charge is 0.487 e. The van der Waals surface area contributed by atoms with Gasteiger partial charge >= 0.3 is 5.69 Å². The molecule has 1 aliphatic rings. The summed E-state index contributed by atoms with van der Waals surface area (Å²) < 4.78 is 5.31. The van der Waals surface area contributed by atoms with E-state index < -0.39 is 4.92 Å². The van der Waals surface area contributed by atoms with Crippen LogP contribution in [0.25, 0.3) is 0 Å². The molecule has 148 valence electrons. The highest BCUT2D eigenvalue weighted by Gasteiger charge is 2.34. The smallest absolute Gasteiger partial charge is 0.311 e. The molecule has 0 unspecified atom stereocenters. The normalized spacial score (nSPS) is 13.4. The van der Waals surface area contributed by atoms with Gasteiger partial charge in [0.1, 0.15) is 0 Å². The minimum Gasteiger partial charge on any atom is -0.487 e. The van der Waals surface area contributed by atoms with Gasteiger partial charge in [-0.2, -0.15) is 0 Å². The molecule has 1 aliphatic carbocycles. The lowest BCUT2D eigenvalue weighted by Crippen LogP contribution is -2.32. The quantitative estimate of drug-likeness (QED) is 0.480. The van der Waals surface area contributed by atoms with Crippen molar-refractivity contribution in [3.8, 4) is 5.75 Å². The fourth-order valence-corrected chi connectivity index (χ4v) is 3.19. The number of nitro benzene ring substituents is 1. The van der Waals surface area contributed by atoms with Crippen LogP contribution in [0.15, 0.2) is 42.5 Å². The van der Waals surface area contributed by atoms with E-state index in [9.17, 15) is 14.9 Å². The molecule has 0 spiro atoms. The Bertz CT molecular complexity index is 857. The summed E-state index contributed by atoms with van der Waals surface area (Å²) >= 11 is 0. The number of ether oxygens (including phenoxy) is 1. The molecular formula is C22H26N2O4. The summed E-state index contributed by atoms with van der Waals surface area (Å²) in [5.74, 6) is 0.465. The van der Waals surface area contributed by atoms with Gasteiger partial charge in [-0.25, -0.2) is 0 Å². The lowest BCUT2D eigenvalue weighted by molar-refractivity contribution is -0.385. The summed E-state index contributed by atoms with van der Waals surface area (Å²) in [6, 6.07) is 12.9. The van der Waals surface area contributed by atoms with Crippen molar-refractivity contribution in [1.82, 2.24) is 4.90 Å². The van der Waals surface area contributed by atoms with E-state index in [0.717, 1.165) is 18.4 Å². The average Bonchev–Trinajstić information content (AvgIpc) is 3.51. The lowest BCUT2D eigenvalue weighted by Gasteiger charge is -2.23. The minimum absolute atomic E-state index is 0.176. The fourth-order valence-electron chi connectivity index (χ4n) is 3.19. The Kier molecular flexibility index (Phi) is 5.97. The van der Waals surface area contributed by atoms with E-state index in [4.69, 9.17) is 4.74 Å². The van der Waals surface area contributed by atoms with Gasteiger partial charge in [0.25, 0.3) is 5.91 Å². The molecule has 0 radical (unpaired) electrons. The third kappa shape index (κ3) is 4.50. The van der Waals surface area contributed by atoms with Gasteiger partial charge in [0, 0.05) is 24.2 Å². The summed E-state index contributed by atoms with van der Waals surface area (Å²) in [6.07, 6.45) is 1.93. The number of carbonyl (C=O) groups excluding carboxylic acids is 1. The van der Waals surface area contributed by atoms with Crippen molar-refractivity contribution >= 4 is 11.6 Å². The molecule has 3 rings (SSSR count). The molecule has 0 bridgehead atoms. The van der Waals surface area contributed by atoms with Gasteiger partial charge in [-0.15, -0.1) is 0 Å². The molecule has 28 heavy (non-hydrogen) atoms. The highest BCUT2D eigenvalue weighted by atomic mass is 16.6. The van der Waals surface area contributed by atoms with Crippen LogP contribution in [0.5, 0.6) is 5.75 Å². The number of carbonyl (C=O) groups is 1. The summed E-state index contributed by atoms with van der Waals surface area (Å²) in [5, 5.41) is 11.4. The fraction of sp³-hybridized carbons (Fsp3) is 0.409. The second-order valence-electron chi connectivity index (χ2n) is 7.43. The van der Waals surface area contributed by atoms with Crippen LogP contribution in [0.1, 0.15) is 61.0 Å². The summed E-state index contributed by atoms with van der Waals surface area (Å²) in [5.41, 5.74) is 2.46. The Balaban J connectivity index is 1.83. The van der Waals surface area contributed by atoms with Crippen LogP contribution >= 0.6 is 0 Å². The first-order chi connectivity index (χ1) is 13.4. The number of amides is 1. The maximum absolute atomic E-state index is 13.1. The molecule has 6 nitrogen and oxygen atoms in total. The number of nitrogens with zero attached hydrogens (tertiary/aromatic N) is 2. The predicted molar refractivity (Wildman–Crippen MR) is 108 cm³/mol. The first-order valence-corrected chi connectivity index (χ1v) is 9.71. The van der Waals surface area contributed by atoms with E-state index >= 15 is 0 Å². The summed E-state index contributed by atoms with van der Waals surface area (Å²) in [4.78, 5) is 25.8. The zero-order chi connectivity index (χ0) is 20.3. The Morgan fingerprint density at radius 1 is 1.21 bits per heavy atom. The molecule has 2 aromatic rings. The first-order valence-electron chi connectivity index (χ1n) is 9.71. The van der Waals surface area contributed by atoms with Crippen molar-refractivity contribution < 1.29 is 14.5 Å². The van der Waals surface area contributed by atoms with E-state index in [1.54, 1.807) is 13.0 Å². The maximum atomic E-state index is 13.1. The monoisotopic (exact) mass is 382 g/mol. The van der Waals surface area contributed by atoms with Gasteiger partial charge in [0.2, 0.25) is 0 Å². The van der Waals surface area contributed by atoms with Crippen LogP contribution in [0.3, 0.4) is 0 Å². The molecule has 0 aromatic heterocycles. The number of hydrogen-bond acceptors (Lipinski definition) is 4. The second-order valence-corrected chi connectivity index (χ2v) is 7.43. The predicted octanol–water partition coefficient (Wildman–Crippen LogP) is 4.92. The Morgan fingerprint density at radius 2 is 1.89 bits per heavy atom. The summed E-state index contributed by atoms with van der Waals surface area (Å²) in [6.45, 7) is 6.89.